The van der Waals surface area contributed by atoms with Gasteiger partial charge < -0.3 is 20.1 Å². The highest BCUT2D eigenvalue weighted by atomic mass is 16.5. The van der Waals surface area contributed by atoms with Crippen LogP contribution in [0.1, 0.15) is 26.7 Å². The second-order valence-electron chi connectivity index (χ2n) is 3.82. The fourth-order valence-corrected chi connectivity index (χ4v) is 1.52. The normalized spacial score (nSPS) is 11.9. The molecule has 6 nitrogen and oxygen atoms in total. The zero-order chi connectivity index (χ0) is 13.3. The molecule has 1 atom stereocenters. The first-order chi connectivity index (χ1) is 8.02. The van der Waals surface area contributed by atoms with Crippen molar-refractivity contribution in [1.82, 2.24) is 10.2 Å². The van der Waals surface area contributed by atoms with Crippen LogP contribution in [-0.2, 0) is 9.53 Å². The number of methoxy groups -OCH3 is 1. The number of nitrogens with one attached hydrogen (secondary N) is 1. The number of amides is 2. The molecular formula is C11H22N2O4. The van der Waals surface area contributed by atoms with Gasteiger partial charge in [0.2, 0.25) is 0 Å². The molecule has 0 spiro atoms. The van der Waals surface area contributed by atoms with Crippen LogP contribution in [0.5, 0.6) is 0 Å². The van der Waals surface area contributed by atoms with Crippen molar-refractivity contribution in [3.63, 3.8) is 0 Å². The third kappa shape index (κ3) is 6.78. The molecule has 0 heterocycles. The molecule has 2 N–H and O–H groups in total. The summed E-state index contributed by atoms with van der Waals surface area (Å²) in [5.74, 6) is -0.848. The highest BCUT2D eigenvalue weighted by Crippen LogP contribution is 2.00. The minimum atomic E-state index is -0.848. The largest absolute Gasteiger partial charge is 0.481 e. The fourth-order valence-electron chi connectivity index (χ4n) is 1.52. The van der Waals surface area contributed by atoms with E-state index < -0.39 is 5.97 Å². The molecule has 0 fully saturated rings. The van der Waals surface area contributed by atoms with E-state index in [-0.39, 0.29) is 18.5 Å². The Morgan fingerprint density at radius 1 is 1.47 bits per heavy atom. The van der Waals surface area contributed by atoms with Gasteiger partial charge in [-0.1, -0.05) is 0 Å². The molecular weight excluding hydrogens is 224 g/mol. The number of carbonyl (C=O) groups excluding carboxylic acids is 1. The second-order valence-corrected chi connectivity index (χ2v) is 3.82. The molecule has 17 heavy (non-hydrogen) atoms. The number of carboxylic acids is 1. The number of nitrogens with zero attached hydrogens (tertiary/aromatic N) is 1. The van der Waals surface area contributed by atoms with Crippen molar-refractivity contribution in [2.75, 3.05) is 26.8 Å². The van der Waals surface area contributed by atoms with E-state index in [9.17, 15) is 9.59 Å². The molecule has 1 unspecified atom stereocenters. The maximum atomic E-state index is 11.7. The summed E-state index contributed by atoms with van der Waals surface area (Å²) in [6, 6.07) is -0.174. The van der Waals surface area contributed by atoms with Crippen LogP contribution < -0.4 is 5.32 Å². The predicted molar refractivity (Wildman–Crippen MR) is 64.0 cm³/mol. The number of hydrogen-bond donors (Lipinski definition) is 2. The van der Waals surface area contributed by atoms with Crippen LogP contribution in [0.25, 0.3) is 0 Å². The predicted octanol–water partition coefficient (Wildman–Crippen LogP) is 0.918. The SMILES string of the molecule is CCN(C(=O)NCCCC(=O)O)C(C)COC. The molecule has 0 saturated heterocycles. The van der Waals surface area contributed by atoms with Crippen LogP contribution in [0, 0.1) is 0 Å². The van der Waals surface area contributed by atoms with E-state index in [0.29, 0.717) is 26.1 Å². The molecule has 100 valence electrons. The minimum Gasteiger partial charge on any atom is -0.481 e. The van der Waals surface area contributed by atoms with Crippen LogP contribution in [0.3, 0.4) is 0 Å². The summed E-state index contributed by atoms with van der Waals surface area (Å²) in [6.07, 6.45) is 0.511. The standard InChI is InChI=1S/C11H22N2O4/c1-4-13(9(2)8-17-3)11(16)12-7-5-6-10(14)15/h9H,4-8H2,1-3H3,(H,12,16)(H,14,15). The summed E-state index contributed by atoms with van der Waals surface area (Å²) in [7, 11) is 1.59. The molecule has 0 bridgehead atoms. The first-order valence-electron chi connectivity index (χ1n) is 5.78. The third-order valence-electron chi connectivity index (χ3n) is 2.39. The van der Waals surface area contributed by atoms with E-state index in [1.807, 2.05) is 13.8 Å². The van der Waals surface area contributed by atoms with Gasteiger partial charge in [0.25, 0.3) is 0 Å². The number of rotatable bonds is 8. The number of aliphatic carboxylic acids is 1. The number of urea groups is 1. The highest BCUT2D eigenvalue weighted by Gasteiger charge is 2.17. The van der Waals surface area contributed by atoms with E-state index in [1.165, 1.54) is 0 Å². The average Bonchev–Trinajstić information content (AvgIpc) is 2.25. The lowest BCUT2D eigenvalue weighted by Crippen LogP contribution is -2.46. The van der Waals surface area contributed by atoms with Crippen LogP contribution in [-0.4, -0.2) is 54.9 Å². The van der Waals surface area contributed by atoms with Gasteiger partial charge in [-0.15, -0.1) is 0 Å². The first kappa shape index (κ1) is 15.7. The van der Waals surface area contributed by atoms with Crippen molar-refractivity contribution < 1.29 is 19.4 Å². The zero-order valence-electron chi connectivity index (χ0n) is 10.7. The molecule has 0 aliphatic heterocycles. The zero-order valence-corrected chi connectivity index (χ0v) is 10.7. The summed E-state index contributed by atoms with van der Waals surface area (Å²) in [4.78, 5) is 23.7. The maximum absolute atomic E-state index is 11.7. The van der Waals surface area contributed by atoms with Gasteiger partial charge >= 0.3 is 12.0 Å². The van der Waals surface area contributed by atoms with Crippen molar-refractivity contribution >= 4 is 12.0 Å². The topological polar surface area (TPSA) is 78.9 Å². The summed E-state index contributed by atoms with van der Waals surface area (Å²) in [5, 5.41) is 11.1. The Morgan fingerprint density at radius 3 is 2.59 bits per heavy atom. The lowest BCUT2D eigenvalue weighted by atomic mass is 10.3. The van der Waals surface area contributed by atoms with Crippen molar-refractivity contribution in [2.24, 2.45) is 0 Å². The Balaban J connectivity index is 3.95. The van der Waals surface area contributed by atoms with Gasteiger partial charge in [-0.3, -0.25) is 4.79 Å². The van der Waals surface area contributed by atoms with Gasteiger partial charge in [0, 0.05) is 26.6 Å². The number of ether oxygens (including phenoxy) is 1. The monoisotopic (exact) mass is 246 g/mol. The highest BCUT2D eigenvalue weighted by molar-refractivity contribution is 5.74. The molecule has 0 aliphatic carbocycles. The van der Waals surface area contributed by atoms with E-state index in [1.54, 1.807) is 12.0 Å². The fraction of sp³-hybridized carbons (Fsp3) is 0.818. The van der Waals surface area contributed by atoms with Gasteiger partial charge in [-0.2, -0.15) is 0 Å². The Morgan fingerprint density at radius 2 is 2.12 bits per heavy atom. The quantitative estimate of drug-likeness (QED) is 0.624. The van der Waals surface area contributed by atoms with Crippen LogP contribution >= 0.6 is 0 Å². The van der Waals surface area contributed by atoms with Gasteiger partial charge in [0.1, 0.15) is 0 Å². The summed E-state index contributed by atoms with van der Waals surface area (Å²) >= 11 is 0. The first-order valence-corrected chi connectivity index (χ1v) is 5.78. The third-order valence-corrected chi connectivity index (χ3v) is 2.39. The van der Waals surface area contributed by atoms with E-state index >= 15 is 0 Å². The number of likely N-dealkylation sites (N-methyl/N-ethyl adjacent to an activating group) is 1. The maximum Gasteiger partial charge on any atom is 0.317 e. The molecule has 2 amide bonds. The molecule has 6 heteroatoms. The summed E-state index contributed by atoms with van der Waals surface area (Å²) in [5.41, 5.74) is 0. The van der Waals surface area contributed by atoms with Gasteiger partial charge in [0.15, 0.2) is 0 Å². The smallest absolute Gasteiger partial charge is 0.317 e. The van der Waals surface area contributed by atoms with Crippen molar-refractivity contribution in [1.29, 1.82) is 0 Å². The number of carboxylic acid groups (broad SMARTS) is 1. The van der Waals surface area contributed by atoms with Crippen molar-refractivity contribution in [3.8, 4) is 0 Å². The van der Waals surface area contributed by atoms with Crippen LogP contribution in [0.4, 0.5) is 4.79 Å². The number of carbonyl (C=O) groups is 2. The Kier molecular flexibility index (Phi) is 8.13. The Hall–Kier alpha value is -1.30. The molecule has 0 aromatic heterocycles. The second kappa shape index (κ2) is 8.81. The van der Waals surface area contributed by atoms with Gasteiger partial charge in [-0.25, -0.2) is 4.79 Å². The van der Waals surface area contributed by atoms with Crippen molar-refractivity contribution in [3.05, 3.63) is 0 Å². The van der Waals surface area contributed by atoms with Crippen molar-refractivity contribution in [2.45, 2.75) is 32.7 Å². The Labute approximate surface area is 102 Å². The summed E-state index contributed by atoms with van der Waals surface area (Å²) < 4.78 is 4.99. The lowest BCUT2D eigenvalue weighted by Gasteiger charge is -2.27. The van der Waals surface area contributed by atoms with E-state index in [4.69, 9.17) is 9.84 Å². The molecule has 0 rings (SSSR count). The minimum absolute atomic E-state index is 0.00414. The van der Waals surface area contributed by atoms with Crippen LogP contribution in [0.2, 0.25) is 0 Å². The number of hydrogen-bond acceptors (Lipinski definition) is 3. The lowest BCUT2D eigenvalue weighted by molar-refractivity contribution is -0.137. The molecule has 0 radical (unpaired) electrons. The Bertz CT molecular complexity index is 246. The van der Waals surface area contributed by atoms with E-state index in [2.05, 4.69) is 5.32 Å². The van der Waals surface area contributed by atoms with Gasteiger partial charge in [-0.05, 0) is 20.3 Å². The molecule has 0 aromatic rings. The van der Waals surface area contributed by atoms with E-state index in [0.717, 1.165) is 0 Å². The molecule has 0 aromatic carbocycles. The molecule has 0 saturated carbocycles. The average molecular weight is 246 g/mol. The van der Waals surface area contributed by atoms with Gasteiger partial charge in [0.05, 0.1) is 12.6 Å². The molecule has 0 aliphatic rings. The summed E-state index contributed by atoms with van der Waals surface area (Å²) in [6.45, 7) is 5.25. The van der Waals surface area contributed by atoms with Crippen LogP contribution in [0.15, 0.2) is 0 Å².